The highest BCUT2D eigenvalue weighted by Gasteiger charge is 2.33. The van der Waals surface area contributed by atoms with Crippen LogP contribution in [0, 0.1) is 5.92 Å². The van der Waals surface area contributed by atoms with Crippen molar-refractivity contribution in [2.75, 3.05) is 13.2 Å². The number of nitrogens with one attached hydrogen (secondary N) is 2. The molecule has 42 heavy (non-hydrogen) atoms. The van der Waals surface area contributed by atoms with Crippen molar-refractivity contribution in [2.45, 2.75) is 27.0 Å². The fourth-order valence-electron chi connectivity index (χ4n) is 4.10. The maximum absolute atomic E-state index is 12.6. The van der Waals surface area contributed by atoms with Crippen molar-refractivity contribution in [3.05, 3.63) is 94.4 Å². The molecule has 12 heteroatoms. The summed E-state index contributed by atoms with van der Waals surface area (Å²) in [5.41, 5.74) is 3.12. The molecule has 2 N–H and O–H groups in total. The van der Waals surface area contributed by atoms with Gasteiger partial charge in [0.05, 0.1) is 23.7 Å². The van der Waals surface area contributed by atoms with Crippen LogP contribution in [0.15, 0.2) is 82.7 Å². The Hall–Kier alpha value is -4.13. The topological polar surface area (TPSA) is 126 Å². The molecule has 2 heterocycles. The summed E-state index contributed by atoms with van der Waals surface area (Å²) in [5, 5.41) is 3.21. The van der Waals surface area contributed by atoms with Gasteiger partial charge in [-0.2, -0.15) is 12.7 Å². The Bertz CT molecular complexity index is 1630. The lowest BCUT2D eigenvalue weighted by atomic mass is 10.2. The summed E-state index contributed by atoms with van der Waals surface area (Å²) in [5.74, 6) is 1.15. The van der Waals surface area contributed by atoms with Crippen molar-refractivity contribution in [3.8, 4) is 11.5 Å². The van der Waals surface area contributed by atoms with Crippen LogP contribution in [0.1, 0.15) is 30.5 Å². The van der Waals surface area contributed by atoms with Gasteiger partial charge in [-0.05, 0) is 65.2 Å². The molecule has 2 aliphatic heterocycles. The monoisotopic (exact) mass is 606 g/mol. The average Bonchev–Trinajstić information content (AvgIpc) is 3.43. The first-order valence-corrected chi connectivity index (χ1v) is 15.5. The summed E-state index contributed by atoms with van der Waals surface area (Å²) in [6.07, 6.45) is 1.79. The van der Waals surface area contributed by atoms with Crippen LogP contribution in [0.4, 0.5) is 5.69 Å². The molecule has 2 aliphatic rings. The average molecular weight is 607 g/mol. The number of carbonyl (C=O) groups is 2. The zero-order valence-corrected chi connectivity index (χ0v) is 24.7. The standard InChI is InChI=1S/C30H30N4O6S2/c1-20(2)18-40-26-6-4-3-5-23(26)19-39-25-13-9-21(10-14-25)15-27-29(36)32-30(41-27)31-24-11-7-22(8-12-24)16-34-17-28(35)33-42(34,37)38/h3-15,20H,16-19H2,1-2H3,(H,33,35)(H,31,32,36). The first-order chi connectivity index (χ1) is 20.1. The first-order valence-electron chi connectivity index (χ1n) is 13.3. The highest BCUT2D eigenvalue weighted by molar-refractivity contribution is 8.18. The van der Waals surface area contributed by atoms with Gasteiger partial charge in [-0.3, -0.25) is 9.59 Å². The Morgan fingerprint density at radius 1 is 1.00 bits per heavy atom. The Labute approximate surface area is 249 Å². The summed E-state index contributed by atoms with van der Waals surface area (Å²) in [4.78, 5) is 29.0. The summed E-state index contributed by atoms with van der Waals surface area (Å²) >= 11 is 1.23. The fourth-order valence-corrected chi connectivity index (χ4v) is 6.03. The number of thioether (sulfide) groups is 1. The second-order valence-electron chi connectivity index (χ2n) is 10.1. The molecular formula is C30H30N4O6S2. The number of carbonyl (C=O) groups excluding carboxylic acids is 2. The van der Waals surface area contributed by atoms with E-state index in [0.29, 0.717) is 46.2 Å². The van der Waals surface area contributed by atoms with Gasteiger partial charge in [0.1, 0.15) is 18.1 Å². The van der Waals surface area contributed by atoms with Crippen LogP contribution in [0.25, 0.3) is 6.08 Å². The molecule has 0 atom stereocenters. The molecule has 0 aliphatic carbocycles. The van der Waals surface area contributed by atoms with Crippen LogP contribution in [-0.4, -0.2) is 42.9 Å². The maximum Gasteiger partial charge on any atom is 0.304 e. The van der Waals surface area contributed by atoms with Crippen molar-refractivity contribution < 1.29 is 27.5 Å². The zero-order valence-electron chi connectivity index (χ0n) is 23.1. The Morgan fingerprint density at radius 3 is 2.43 bits per heavy atom. The normalized spacial score (nSPS) is 18.5. The largest absolute Gasteiger partial charge is 0.493 e. The van der Waals surface area contributed by atoms with Gasteiger partial charge in [0.25, 0.3) is 5.91 Å². The summed E-state index contributed by atoms with van der Waals surface area (Å²) in [6.45, 7) is 5.09. The van der Waals surface area contributed by atoms with Crippen LogP contribution >= 0.6 is 11.8 Å². The van der Waals surface area contributed by atoms with Crippen LogP contribution in [-0.2, 0) is 33.0 Å². The fraction of sp³-hybridized carbons (Fsp3) is 0.233. The SMILES string of the molecule is CC(C)COc1ccccc1COc1ccc(C=C2SC(=Nc3ccc(CN4CC(=O)NS4(=O)=O)cc3)NC2=O)cc1. The van der Waals surface area contributed by atoms with Crippen molar-refractivity contribution in [1.29, 1.82) is 0 Å². The lowest BCUT2D eigenvalue weighted by Crippen LogP contribution is -2.29. The number of hydrogen-bond acceptors (Lipinski definition) is 8. The number of benzene rings is 3. The van der Waals surface area contributed by atoms with Crippen LogP contribution in [0.2, 0.25) is 0 Å². The number of aliphatic imine (C=N–C) groups is 1. The number of hydrogen-bond donors (Lipinski definition) is 2. The molecule has 5 rings (SSSR count). The molecule has 0 bridgehead atoms. The predicted molar refractivity (Wildman–Crippen MR) is 162 cm³/mol. The van der Waals surface area contributed by atoms with Crippen molar-refractivity contribution in [2.24, 2.45) is 10.9 Å². The van der Waals surface area contributed by atoms with Crippen LogP contribution in [0.5, 0.6) is 11.5 Å². The van der Waals surface area contributed by atoms with Gasteiger partial charge in [0.2, 0.25) is 5.91 Å². The third kappa shape index (κ3) is 7.58. The van der Waals surface area contributed by atoms with E-state index in [4.69, 9.17) is 9.47 Å². The second-order valence-corrected chi connectivity index (χ2v) is 12.8. The van der Waals surface area contributed by atoms with Crippen molar-refractivity contribution in [1.82, 2.24) is 14.3 Å². The van der Waals surface area contributed by atoms with E-state index < -0.39 is 16.1 Å². The van der Waals surface area contributed by atoms with E-state index >= 15 is 0 Å². The number of para-hydroxylation sites is 1. The van der Waals surface area contributed by atoms with E-state index in [9.17, 15) is 18.0 Å². The summed E-state index contributed by atoms with van der Waals surface area (Å²) < 4.78 is 38.8. The lowest BCUT2D eigenvalue weighted by molar-refractivity contribution is -0.118. The number of nitrogens with zero attached hydrogens (tertiary/aromatic N) is 2. The van der Waals surface area contributed by atoms with E-state index in [1.165, 1.54) is 11.8 Å². The van der Waals surface area contributed by atoms with E-state index in [-0.39, 0.29) is 19.0 Å². The number of ether oxygens (including phenoxy) is 2. The molecule has 3 aromatic rings. The van der Waals surface area contributed by atoms with Gasteiger partial charge in [0, 0.05) is 12.1 Å². The quantitative estimate of drug-likeness (QED) is 0.328. The Morgan fingerprint density at radius 2 is 1.74 bits per heavy atom. The maximum atomic E-state index is 12.6. The van der Waals surface area contributed by atoms with Crippen molar-refractivity contribution >= 4 is 50.7 Å². The predicted octanol–water partition coefficient (Wildman–Crippen LogP) is 4.37. The number of amidine groups is 1. The molecule has 3 aromatic carbocycles. The molecule has 0 spiro atoms. The minimum absolute atomic E-state index is 0.0696. The summed E-state index contributed by atoms with van der Waals surface area (Å²) in [7, 11) is -3.79. The smallest absolute Gasteiger partial charge is 0.304 e. The van der Waals surface area contributed by atoms with Crippen molar-refractivity contribution in [3.63, 3.8) is 0 Å². The highest BCUT2D eigenvalue weighted by Crippen LogP contribution is 2.29. The minimum Gasteiger partial charge on any atom is -0.493 e. The zero-order chi connectivity index (χ0) is 29.7. The molecule has 0 aromatic heterocycles. The third-order valence-corrected chi connectivity index (χ3v) is 8.53. The highest BCUT2D eigenvalue weighted by atomic mass is 32.2. The number of rotatable bonds is 10. The number of amides is 2. The molecule has 218 valence electrons. The molecule has 10 nitrogen and oxygen atoms in total. The summed E-state index contributed by atoms with van der Waals surface area (Å²) in [6, 6.07) is 22.2. The van der Waals surface area contributed by atoms with Gasteiger partial charge in [-0.15, -0.1) is 0 Å². The molecule has 2 saturated heterocycles. The Kier molecular flexibility index (Phi) is 8.95. The minimum atomic E-state index is -3.79. The first kappa shape index (κ1) is 29.4. The lowest BCUT2D eigenvalue weighted by Gasteiger charge is -2.14. The van der Waals surface area contributed by atoms with Gasteiger partial charge >= 0.3 is 10.2 Å². The van der Waals surface area contributed by atoms with E-state index in [1.807, 2.05) is 53.3 Å². The second kappa shape index (κ2) is 12.8. The van der Waals surface area contributed by atoms with Crippen LogP contribution in [0.3, 0.4) is 0 Å². The molecule has 0 saturated carbocycles. The van der Waals surface area contributed by atoms with Gasteiger partial charge in [-0.25, -0.2) is 9.71 Å². The molecule has 0 unspecified atom stereocenters. The van der Waals surface area contributed by atoms with Crippen LogP contribution < -0.4 is 19.5 Å². The molecule has 2 fully saturated rings. The third-order valence-electron chi connectivity index (χ3n) is 6.20. The molecule has 2 amide bonds. The molecular weight excluding hydrogens is 576 g/mol. The van der Waals surface area contributed by atoms with E-state index in [2.05, 4.69) is 24.2 Å². The molecule has 0 radical (unpaired) electrons. The van der Waals surface area contributed by atoms with Gasteiger partial charge in [0.15, 0.2) is 5.17 Å². The van der Waals surface area contributed by atoms with E-state index in [0.717, 1.165) is 21.2 Å². The van der Waals surface area contributed by atoms with E-state index in [1.54, 1.807) is 30.3 Å². The van der Waals surface area contributed by atoms with Gasteiger partial charge < -0.3 is 14.8 Å². The van der Waals surface area contributed by atoms with Gasteiger partial charge in [-0.1, -0.05) is 56.3 Å². The Balaban J connectivity index is 1.17.